The Hall–Kier alpha value is -3.35. The maximum absolute atomic E-state index is 13.1. The van der Waals surface area contributed by atoms with E-state index in [0.717, 1.165) is 11.0 Å². The van der Waals surface area contributed by atoms with Crippen LogP contribution in [0.4, 0.5) is 5.69 Å². The minimum absolute atomic E-state index is 0.0774. The molecular weight excluding hydrogens is 449 g/mol. The minimum atomic E-state index is -1.16. The van der Waals surface area contributed by atoms with Crippen molar-refractivity contribution in [1.29, 1.82) is 0 Å². The van der Waals surface area contributed by atoms with Gasteiger partial charge in [-0.25, -0.2) is 4.98 Å². The Morgan fingerprint density at radius 2 is 1.66 bits per heavy atom. The highest BCUT2D eigenvalue weighted by Crippen LogP contribution is 2.25. The minimum Gasteiger partial charge on any atom is -0.446 e. The number of hydrogen-bond donors (Lipinski definition) is 1. The fourth-order valence-corrected chi connectivity index (χ4v) is 3.95. The van der Waals surface area contributed by atoms with E-state index in [9.17, 15) is 9.59 Å². The summed E-state index contributed by atoms with van der Waals surface area (Å²) in [7, 11) is 0. The number of imidazole rings is 1. The lowest BCUT2D eigenvalue weighted by Crippen LogP contribution is -2.27. The number of hydrogen-bond acceptors (Lipinski definition) is 4. The molecule has 32 heavy (non-hydrogen) atoms. The largest absolute Gasteiger partial charge is 0.446 e. The van der Waals surface area contributed by atoms with E-state index in [4.69, 9.17) is 27.9 Å². The molecule has 3 aromatic carbocycles. The molecule has 0 saturated heterocycles. The highest BCUT2D eigenvalue weighted by atomic mass is 35.5. The fraction of sp³-hybridized carbons (Fsp3) is 0.125. The number of rotatable bonds is 6. The molecule has 1 unspecified atom stereocenters. The first-order chi connectivity index (χ1) is 15.4. The molecule has 1 atom stereocenters. The number of anilines is 1. The van der Waals surface area contributed by atoms with E-state index in [0.29, 0.717) is 27.1 Å². The molecule has 0 spiro atoms. The lowest BCUT2D eigenvalue weighted by molar-refractivity contribution is -0.155. The molecule has 8 heteroatoms. The number of carbonyl (C=O) groups excluding carboxylic acids is 2. The smallest absolute Gasteiger partial charge is 0.327 e. The number of fused-ring (bicyclic) bond motifs is 1. The number of amides is 1. The van der Waals surface area contributed by atoms with E-state index in [1.165, 1.54) is 0 Å². The van der Waals surface area contributed by atoms with Crippen LogP contribution in [-0.2, 0) is 20.9 Å². The molecule has 1 N–H and O–H groups in total. The van der Waals surface area contributed by atoms with Crippen LogP contribution >= 0.6 is 23.2 Å². The predicted molar refractivity (Wildman–Crippen MR) is 125 cm³/mol. The topological polar surface area (TPSA) is 73.2 Å². The van der Waals surface area contributed by atoms with Gasteiger partial charge in [-0.05, 0) is 37.3 Å². The summed E-state index contributed by atoms with van der Waals surface area (Å²) in [6.07, 6.45) is -1.16. The number of esters is 1. The molecule has 4 aromatic rings. The van der Waals surface area contributed by atoms with Crippen LogP contribution in [-0.4, -0.2) is 21.4 Å². The van der Waals surface area contributed by atoms with Gasteiger partial charge in [0.2, 0.25) is 6.10 Å². The summed E-state index contributed by atoms with van der Waals surface area (Å²) in [5.74, 6) is -0.406. The van der Waals surface area contributed by atoms with Gasteiger partial charge >= 0.3 is 5.97 Å². The number of nitrogens with one attached hydrogen (secondary N) is 1. The third-order valence-electron chi connectivity index (χ3n) is 4.85. The van der Waals surface area contributed by atoms with Crippen LogP contribution in [0.3, 0.4) is 0 Å². The van der Waals surface area contributed by atoms with E-state index in [-0.39, 0.29) is 6.54 Å². The third kappa shape index (κ3) is 4.93. The first kappa shape index (κ1) is 21.9. The summed E-state index contributed by atoms with van der Waals surface area (Å²) in [5, 5.41) is 3.48. The summed E-state index contributed by atoms with van der Waals surface area (Å²) in [4.78, 5) is 30.4. The Morgan fingerprint density at radius 3 is 2.38 bits per heavy atom. The SMILES string of the molecule is Cc1nc2ccccc2n1CC(=O)OC(C(=O)Nc1cc(Cl)cc(Cl)c1)c1ccccc1. The van der Waals surface area contributed by atoms with Crippen LogP contribution in [0.5, 0.6) is 0 Å². The van der Waals surface area contributed by atoms with Crippen molar-refractivity contribution in [3.63, 3.8) is 0 Å². The van der Waals surface area contributed by atoms with Gasteiger partial charge in [0.1, 0.15) is 12.4 Å². The molecule has 0 aliphatic heterocycles. The highest BCUT2D eigenvalue weighted by Gasteiger charge is 2.26. The maximum atomic E-state index is 13.1. The van der Waals surface area contributed by atoms with E-state index in [2.05, 4.69) is 10.3 Å². The van der Waals surface area contributed by atoms with E-state index >= 15 is 0 Å². The van der Waals surface area contributed by atoms with Gasteiger partial charge < -0.3 is 14.6 Å². The number of para-hydroxylation sites is 2. The van der Waals surface area contributed by atoms with Crippen LogP contribution < -0.4 is 5.32 Å². The van der Waals surface area contributed by atoms with Gasteiger partial charge in [0.15, 0.2) is 0 Å². The second kappa shape index (κ2) is 9.42. The first-order valence-electron chi connectivity index (χ1n) is 9.84. The molecule has 1 aromatic heterocycles. The molecular formula is C24H19Cl2N3O3. The van der Waals surface area contributed by atoms with Crippen molar-refractivity contribution >= 4 is 51.8 Å². The van der Waals surface area contributed by atoms with E-state index in [1.54, 1.807) is 47.0 Å². The van der Waals surface area contributed by atoms with Crippen molar-refractivity contribution in [2.45, 2.75) is 19.6 Å². The molecule has 0 aliphatic carbocycles. The third-order valence-corrected chi connectivity index (χ3v) is 5.29. The zero-order chi connectivity index (χ0) is 22.7. The Bertz CT molecular complexity index is 1270. The molecule has 6 nitrogen and oxygen atoms in total. The lowest BCUT2D eigenvalue weighted by atomic mass is 10.1. The van der Waals surface area contributed by atoms with Crippen molar-refractivity contribution in [1.82, 2.24) is 9.55 Å². The summed E-state index contributed by atoms with van der Waals surface area (Å²) < 4.78 is 7.40. The molecule has 0 radical (unpaired) electrons. The summed E-state index contributed by atoms with van der Waals surface area (Å²) >= 11 is 12.1. The van der Waals surface area contributed by atoms with Gasteiger partial charge in [0.25, 0.3) is 5.91 Å². The van der Waals surface area contributed by atoms with Crippen molar-refractivity contribution in [3.05, 3.63) is 94.2 Å². The van der Waals surface area contributed by atoms with E-state index in [1.807, 2.05) is 37.3 Å². The van der Waals surface area contributed by atoms with Gasteiger partial charge in [-0.3, -0.25) is 9.59 Å². The fourth-order valence-electron chi connectivity index (χ4n) is 3.43. The number of benzene rings is 3. The number of halogens is 2. The molecule has 1 amide bonds. The Labute approximate surface area is 194 Å². The zero-order valence-electron chi connectivity index (χ0n) is 17.1. The lowest BCUT2D eigenvalue weighted by Gasteiger charge is -2.19. The van der Waals surface area contributed by atoms with Crippen molar-refractivity contribution in [2.75, 3.05) is 5.32 Å². The number of aromatic nitrogens is 2. The Kier molecular flexibility index (Phi) is 6.44. The van der Waals surface area contributed by atoms with Gasteiger partial charge in [-0.1, -0.05) is 65.7 Å². The summed E-state index contributed by atoms with van der Waals surface area (Å²) in [6, 6.07) is 21.0. The molecule has 162 valence electrons. The van der Waals surface area contributed by atoms with Crippen molar-refractivity contribution in [3.8, 4) is 0 Å². The molecule has 0 saturated carbocycles. The molecule has 0 bridgehead atoms. The monoisotopic (exact) mass is 467 g/mol. The average Bonchev–Trinajstić information content (AvgIpc) is 3.07. The Balaban J connectivity index is 1.57. The molecule has 0 fully saturated rings. The van der Waals surface area contributed by atoms with Gasteiger partial charge in [-0.15, -0.1) is 0 Å². The van der Waals surface area contributed by atoms with Gasteiger partial charge in [0, 0.05) is 21.3 Å². The standard InChI is InChI=1S/C24H19Cl2N3O3/c1-15-27-20-9-5-6-10-21(20)29(15)14-22(30)32-23(16-7-3-2-4-8-16)24(31)28-19-12-17(25)11-18(26)13-19/h2-13,23H,14H2,1H3,(H,28,31). The Morgan fingerprint density at radius 1 is 1.00 bits per heavy atom. The maximum Gasteiger partial charge on any atom is 0.327 e. The van der Waals surface area contributed by atoms with Gasteiger partial charge in [0.05, 0.1) is 11.0 Å². The number of aryl methyl sites for hydroxylation is 1. The molecule has 1 heterocycles. The average molecular weight is 468 g/mol. The molecule has 4 rings (SSSR count). The second-order valence-electron chi connectivity index (χ2n) is 7.16. The molecule has 0 aliphatic rings. The van der Waals surface area contributed by atoms with Crippen LogP contribution in [0.25, 0.3) is 11.0 Å². The highest BCUT2D eigenvalue weighted by molar-refractivity contribution is 6.35. The quantitative estimate of drug-likeness (QED) is 0.376. The van der Waals surface area contributed by atoms with Crippen LogP contribution in [0, 0.1) is 6.92 Å². The van der Waals surface area contributed by atoms with E-state index < -0.39 is 18.0 Å². The summed E-state index contributed by atoms with van der Waals surface area (Å²) in [6.45, 7) is 1.74. The van der Waals surface area contributed by atoms with Crippen molar-refractivity contribution < 1.29 is 14.3 Å². The summed E-state index contributed by atoms with van der Waals surface area (Å²) in [5.41, 5.74) is 2.55. The predicted octanol–water partition coefficient (Wildman–Crippen LogP) is 5.57. The van der Waals surface area contributed by atoms with Crippen LogP contribution in [0.15, 0.2) is 72.8 Å². The second-order valence-corrected chi connectivity index (χ2v) is 8.03. The first-order valence-corrected chi connectivity index (χ1v) is 10.6. The number of ether oxygens (including phenoxy) is 1. The number of carbonyl (C=O) groups is 2. The van der Waals surface area contributed by atoms with Crippen LogP contribution in [0.1, 0.15) is 17.5 Å². The zero-order valence-corrected chi connectivity index (χ0v) is 18.6. The van der Waals surface area contributed by atoms with Crippen molar-refractivity contribution in [2.24, 2.45) is 0 Å². The normalized spacial score (nSPS) is 11.8. The van der Waals surface area contributed by atoms with Crippen LogP contribution in [0.2, 0.25) is 10.0 Å². The number of nitrogens with zero attached hydrogens (tertiary/aromatic N) is 2. The van der Waals surface area contributed by atoms with Gasteiger partial charge in [-0.2, -0.15) is 0 Å².